The predicted molar refractivity (Wildman–Crippen MR) is 93.5 cm³/mol. The molecule has 6 heteroatoms. The molecule has 0 saturated carbocycles. The van der Waals surface area contributed by atoms with Gasteiger partial charge in [-0.2, -0.15) is 0 Å². The minimum Gasteiger partial charge on any atom is -0.481 e. The van der Waals surface area contributed by atoms with Crippen molar-refractivity contribution in [3.8, 4) is 0 Å². The van der Waals surface area contributed by atoms with Crippen molar-refractivity contribution in [2.24, 2.45) is 0 Å². The zero-order chi connectivity index (χ0) is 17.4. The maximum Gasteiger partial charge on any atom is 0.312 e. The molecule has 2 rings (SSSR count). The molecule has 0 fully saturated rings. The van der Waals surface area contributed by atoms with E-state index < -0.39 is 11.9 Å². The van der Waals surface area contributed by atoms with E-state index in [0.717, 1.165) is 24.9 Å². The van der Waals surface area contributed by atoms with Gasteiger partial charge in [-0.25, -0.2) is 9.97 Å². The number of hydrogen-bond donors (Lipinski definition) is 2. The Balaban J connectivity index is 2.00. The van der Waals surface area contributed by atoms with Crippen molar-refractivity contribution < 1.29 is 9.90 Å². The van der Waals surface area contributed by atoms with Crippen LogP contribution in [-0.2, 0) is 17.8 Å². The molecule has 0 aliphatic rings. The number of hydrogen-bond acceptors (Lipinski definition) is 4. The number of allylic oxidation sites excluding steroid dienone is 3. The number of rotatable bonds is 9. The monoisotopic (exact) mass is 326 g/mol. The average molecular weight is 326 g/mol. The Labute approximate surface area is 141 Å². The largest absolute Gasteiger partial charge is 0.481 e. The summed E-state index contributed by atoms with van der Waals surface area (Å²) < 4.78 is 1.92. The summed E-state index contributed by atoms with van der Waals surface area (Å²) in [6, 6.07) is 3.46. The van der Waals surface area contributed by atoms with Gasteiger partial charge in [-0.1, -0.05) is 30.9 Å². The average Bonchev–Trinajstić information content (AvgIpc) is 3.02. The van der Waals surface area contributed by atoms with Gasteiger partial charge in [0, 0.05) is 18.9 Å². The lowest BCUT2D eigenvalue weighted by Gasteiger charge is -2.09. The molecule has 2 aromatic heterocycles. The molecule has 6 nitrogen and oxygen atoms in total. The Morgan fingerprint density at radius 1 is 1.42 bits per heavy atom. The number of imidazole rings is 1. The number of anilines is 1. The minimum absolute atomic E-state index is 0.335. The first-order chi connectivity index (χ1) is 11.6. The summed E-state index contributed by atoms with van der Waals surface area (Å²) in [5.74, 6) is -1.18. The lowest BCUT2D eigenvalue weighted by atomic mass is 9.98. The van der Waals surface area contributed by atoms with Crippen LogP contribution in [0.25, 0.3) is 0 Å². The molecule has 0 bridgehead atoms. The maximum absolute atomic E-state index is 11.6. The quantitative estimate of drug-likeness (QED) is 0.546. The van der Waals surface area contributed by atoms with Crippen LogP contribution in [0.2, 0.25) is 0 Å². The van der Waals surface area contributed by atoms with Gasteiger partial charge in [0.1, 0.15) is 11.7 Å². The van der Waals surface area contributed by atoms with Crippen molar-refractivity contribution in [3.63, 3.8) is 0 Å². The highest BCUT2D eigenvalue weighted by atomic mass is 16.4. The SMILES string of the molecule is C=C/C=C\CCCn1cnc(C(Cc2ccc(N)nc2)C(=O)O)c1. The first kappa shape index (κ1) is 17.5. The zero-order valence-corrected chi connectivity index (χ0v) is 13.5. The molecular formula is C18H22N4O2. The van der Waals surface area contributed by atoms with Crippen LogP contribution in [0.5, 0.6) is 0 Å². The Hall–Kier alpha value is -2.89. The molecular weight excluding hydrogens is 304 g/mol. The van der Waals surface area contributed by atoms with E-state index in [1.165, 1.54) is 0 Å². The fourth-order valence-corrected chi connectivity index (χ4v) is 2.37. The second-order valence-electron chi connectivity index (χ2n) is 5.53. The summed E-state index contributed by atoms with van der Waals surface area (Å²) in [4.78, 5) is 19.9. The summed E-state index contributed by atoms with van der Waals surface area (Å²) in [5.41, 5.74) is 6.93. The molecule has 2 aromatic rings. The Bertz CT molecular complexity index is 704. The normalized spacial score (nSPS) is 12.3. The van der Waals surface area contributed by atoms with Crippen LogP contribution < -0.4 is 5.73 Å². The smallest absolute Gasteiger partial charge is 0.312 e. The second kappa shape index (κ2) is 8.67. The van der Waals surface area contributed by atoms with E-state index in [2.05, 4.69) is 22.6 Å². The van der Waals surface area contributed by atoms with Gasteiger partial charge in [-0.15, -0.1) is 0 Å². The van der Waals surface area contributed by atoms with Gasteiger partial charge < -0.3 is 15.4 Å². The first-order valence-corrected chi connectivity index (χ1v) is 7.82. The third-order valence-electron chi connectivity index (χ3n) is 3.66. The standard InChI is InChI=1S/C18H22N4O2/c1-2-3-4-5-6-9-22-12-16(21-13-22)15(18(23)24)10-14-7-8-17(19)20-11-14/h2-4,7-8,11-13,15H,1,5-6,9-10H2,(H2,19,20)(H,23,24)/b4-3-. The van der Waals surface area contributed by atoms with Crippen molar-refractivity contribution in [2.75, 3.05) is 5.73 Å². The molecule has 0 saturated heterocycles. The molecule has 0 aromatic carbocycles. The van der Waals surface area contributed by atoms with Crippen LogP contribution in [-0.4, -0.2) is 25.6 Å². The number of unbranched alkanes of at least 4 members (excludes halogenated alkanes) is 1. The van der Waals surface area contributed by atoms with E-state index in [4.69, 9.17) is 5.73 Å². The number of carbonyl (C=O) groups is 1. The van der Waals surface area contributed by atoms with Crippen LogP contribution >= 0.6 is 0 Å². The molecule has 0 amide bonds. The number of nitrogen functional groups attached to an aromatic ring is 1. The van der Waals surface area contributed by atoms with Gasteiger partial charge in [0.2, 0.25) is 0 Å². The fraction of sp³-hybridized carbons (Fsp3) is 0.278. The number of pyridine rings is 1. The van der Waals surface area contributed by atoms with Crippen molar-refractivity contribution in [1.29, 1.82) is 0 Å². The van der Waals surface area contributed by atoms with Crippen LogP contribution in [0.15, 0.2) is 55.7 Å². The molecule has 0 spiro atoms. The number of nitrogens with zero attached hydrogens (tertiary/aromatic N) is 3. The Morgan fingerprint density at radius 3 is 2.92 bits per heavy atom. The predicted octanol–water partition coefficient (Wildman–Crippen LogP) is 2.79. The lowest BCUT2D eigenvalue weighted by Crippen LogP contribution is -2.15. The third kappa shape index (κ3) is 5.08. The molecule has 1 unspecified atom stereocenters. The zero-order valence-electron chi connectivity index (χ0n) is 13.5. The highest BCUT2D eigenvalue weighted by Gasteiger charge is 2.23. The van der Waals surface area contributed by atoms with E-state index in [1.54, 1.807) is 36.9 Å². The molecule has 0 aliphatic carbocycles. The van der Waals surface area contributed by atoms with Crippen molar-refractivity contribution in [3.05, 3.63) is 66.9 Å². The van der Waals surface area contributed by atoms with Gasteiger partial charge >= 0.3 is 5.97 Å². The van der Waals surface area contributed by atoms with Gasteiger partial charge in [0.15, 0.2) is 0 Å². The van der Waals surface area contributed by atoms with Gasteiger partial charge in [0.05, 0.1) is 12.0 Å². The number of nitrogens with two attached hydrogens (primary N) is 1. The maximum atomic E-state index is 11.6. The van der Waals surface area contributed by atoms with E-state index in [9.17, 15) is 9.90 Å². The first-order valence-electron chi connectivity index (χ1n) is 7.82. The second-order valence-corrected chi connectivity index (χ2v) is 5.53. The number of carboxylic acids is 1. The van der Waals surface area contributed by atoms with Gasteiger partial charge in [-0.3, -0.25) is 4.79 Å². The molecule has 0 aliphatic heterocycles. The molecule has 126 valence electrons. The van der Waals surface area contributed by atoms with Crippen molar-refractivity contribution >= 4 is 11.8 Å². The number of aromatic nitrogens is 3. The molecule has 1 atom stereocenters. The van der Waals surface area contributed by atoms with Crippen LogP contribution in [0.4, 0.5) is 5.82 Å². The van der Waals surface area contributed by atoms with Crippen molar-refractivity contribution in [2.45, 2.75) is 31.7 Å². The summed E-state index contributed by atoms with van der Waals surface area (Å²) >= 11 is 0. The highest BCUT2D eigenvalue weighted by molar-refractivity contribution is 5.75. The molecule has 24 heavy (non-hydrogen) atoms. The minimum atomic E-state index is -0.897. The Morgan fingerprint density at radius 2 is 2.25 bits per heavy atom. The van der Waals surface area contributed by atoms with Crippen LogP contribution in [0, 0.1) is 0 Å². The number of aliphatic carboxylic acids is 1. The molecule has 2 heterocycles. The number of carboxylic acid groups (broad SMARTS) is 1. The van der Waals surface area contributed by atoms with Crippen LogP contribution in [0.1, 0.15) is 30.0 Å². The van der Waals surface area contributed by atoms with E-state index >= 15 is 0 Å². The van der Waals surface area contributed by atoms with E-state index in [0.29, 0.717) is 17.9 Å². The van der Waals surface area contributed by atoms with Crippen LogP contribution in [0.3, 0.4) is 0 Å². The summed E-state index contributed by atoms with van der Waals surface area (Å²) in [5, 5.41) is 9.51. The summed E-state index contributed by atoms with van der Waals surface area (Å²) in [6.07, 6.45) is 13.1. The third-order valence-corrected chi connectivity index (χ3v) is 3.66. The lowest BCUT2D eigenvalue weighted by molar-refractivity contribution is -0.138. The van der Waals surface area contributed by atoms with E-state index in [1.807, 2.05) is 10.6 Å². The summed E-state index contributed by atoms with van der Waals surface area (Å²) in [6.45, 7) is 4.42. The number of aryl methyl sites for hydroxylation is 1. The Kier molecular flexibility index (Phi) is 6.31. The highest BCUT2D eigenvalue weighted by Crippen LogP contribution is 2.20. The summed E-state index contributed by atoms with van der Waals surface area (Å²) in [7, 11) is 0. The fourth-order valence-electron chi connectivity index (χ4n) is 2.37. The van der Waals surface area contributed by atoms with Gasteiger partial charge in [-0.05, 0) is 30.9 Å². The van der Waals surface area contributed by atoms with E-state index in [-0.39, 0.29) is 0 Å². The van der Waals surface area contributed by atoms with Crippen molar-refractivity contribution in [1.82, 2.24) is 14.5 Å². The van der Waals surface area contributed by atoms with Gasteiger partial charge in [0.25, 0.3) is 0 Å². The molecule has 0 radical (unpaired) electrons. The topological polar surface area (TPSA) is 94.0 Å². The molecule has 3 N–H and O–H groups in total.